The van der Waals surface area contributed by atoms with E-state index in [9.17, 15) is 9.18 Å². The smallest absolute Gasteiger partial charge is 0.255 e. The fourth-order valence-electron chi connectivity index (χ4n) is 4.71. The lowest BCUT2D eigenvalue weighted by Crippen LogP contribution is -2.43. The molecule has 0 fully saturated rings. The molecule has 1 aliphatic heterocycles. The Kier molecular flexibility index (Phi) is 6.92. The maximum absolute atomic E-state index is 13.7. The molecule has 0 aliphatic carbocycles. The van der Waals surface area contributed by atoms with Crippen LogP contribution in [0.25, 0.3) is 33.3 Å². The maximum Gasteiger partial charge on any atom is 0.255 e. The lowest BCUT2D eigenvalue weighted by atomic mass is 9.98. The van der Waals surface area contributed by atoms with E-state index in [2.05, 4.69) is 31.7 Å². The van der Waals surface area contributed by atoms with E-state index in [1.807, 2.05) is 6.07 Å². The summed E-state index contributed by atoms with van der Waals surface area (Å²) in [5.74, 6) is -0.452. The third-order valence-corrected chi connectivity index (χ3v) is 7.78. The molecule has 0 N–H and O–H groups in total. The highest BCUT2D eigenvalue weighted by molar-refractivity contribution is 6.40. The first-order valence-electron chi connectivity index (χ1n) is 11.9. The zero-order valence-electron chi connectivity index (χ0n) is 20.7. The number of benzene rings is 2. The van der Waals surface area contributed by atoms with Crippen LogP contribution < -0.4 is 5.56 Å². The molecule has 190 valence electrons. The van der Waals surface area contributed by atoms with Crippen LogP contribution >= 0.6 is 34.8 Å². The number of hydrogen-bond acceptors (Lipinski definition) is 3. The second-order valence-electron chi connectivity index (χ2n) is 10.1. The maximum atomic E-state index is 13.7. The van der Waals surface area contributed by atoms with Gasteiger partial charge >= 0.3 is 0 Å². The van der Waals surface area contributed by atoms with Crippen molar-refractivity contribution in [2.24, 2.45) is 0 Å². The van der Waals surface area contributed by atoms with Crippen LogP contribution in [-0.4, -0.2) is 33.1 Å². The van der Waals surface area contributed by atoms with Crippen LogP contribution in [0, 0.1) is 5.82 Å². The minimum Gasteiger partial charge on any atom is -0.294 e. The summed E-state index contributed by atoms with van der Waals surface area (Å²) < 4.78 is 15.2. The van der Waals surface area contributed by atoms with Gasteiger partial charge in [-0.2, -0.15) is 0 Å². The van der Waals surface area contributed by atoms with Crippen molar-refractivity contribution in [3.8, 4) is 16.8 Å². The molecule has 3 heterocycles. The van der Waals surface area contributed by atoms with E-state index >= 15 is 0 Å². The summed E-state index contributed by atoms with van der Waals surface area (Å²) in [6, 6.07) is 12.6. The van der Waals surface area contributed by atoms with Crippen LogP contribution in [0.5, 0.6) is 0 Å². The van der Waals surface area contributed by atoms with E-state index in [0.29, 0.717) is 27.4 Å². The summed E-state index contributed by atoms with van der Waals surface area (Å²) in [4.78, 5) is 20.4. The predicted octanol–water partition coefficient (Wildman–Crippen LogP) is 8.04. The summed E-state index contributed by atoms with van der Waals surface area (Å²) in [6.07, 6.45) is 4.82. The van der Waals surface area contributed by atoms with E-state index in [1.165, 1.54) is 22.8 Å². The zero-order chi connectivity index (χ0) is 26.5. The van der Waals surface area contributed by atoms with Gasteiger partial charge in [0.15, 0.2) is 0 Å². The van der Waals surface area contributed by atoms with Crippen LogP contribution in [0.3, 0.4) is 0 Å². The van der Waals surface area contributed by atoms with Crippen molar-refractivity contribution in [3.63, 3.8) is 0 Å². The Bertz CT molecular complexity index is 1620. The zero-order valence-corrected chi connectivity index (χ0v) is 22.9. The molecule has 0 saturated carbocycles. The molecule has 2 aromatic carbocycles. The van der Waals surface area contributed by atoms with Crippen LogP contribution in [0.15, 0.2) is 65.6 Å². The number of pyridine rings is 2. The number of rotatable bonds is 3. The first kappa shape index (κ1) is 25.9. The molecule has 0 atom stereocenters. The molecule has 0 unspecified atom stereocenters. The Hall–Kier alpha value is -2.70. The van der Waals surface area contributed by atoms with Gasteiger partial charge in [0, 0.05) is 47.4 Å². The molecular weight excluding hydrogens is 532 g/mol. The molecule has 2 aromatic heterocycles. The van der Waals surface area contributed by atoms with Crippen LogP contribution in [-0.2, 0) is 0 Å². The van der Waals surface area contributed by atoms with Gasteiger partial charge in [0.2, 0.25) is 0 Å². The quantitative estimate of drug-likeness (QED) is 0.256. The summed E-state index contributed by atoms with van der Waals surface area (Å²) in [7, 11) is 0. The highest BCUT2D eigenvalue weighted by Crippen LogP contribution is 2.40. The van der Waals surface area contributed by atoms with Gasteiger partial charge < -0.3 is 0 Å². The van der Waals surface area contributed by atoms with Gasteiger partial charge in [0.1, 0.15) is 5.82 Å². The molecule has 4 aromatic rings. The summed E-state index contributed by atoms with van der Waals surface area (Å²) in [5.41, 5.74) is 3.81. The molecule has 8 heteroatoms. The Morgan fingerprint density at radius 1 is 0.946 bits per heavy atom. The van der Waals surface area contributed by atoms with Gasteiger partial charge in [-0.3, -0.25) is 19.2 Å². The minimum atomic E-state index is -0.452. The van der Waals surface area contributed by atoms with Crippen LogP contribution in [0.1, 0.15) is 32.9 Å². The average molecular weight is 557 g/mol. The fraction of sp³-hybridized carbons (Fsp3) is 0.241. The molecule has 0 radical (unpaired) electrons. The first-order valence-corrected chi connectivity index (χ1v) is 13.1. The van der Waals surface area contributed by atoms with Crippen molar-refractivity contribution in [1.82, 2.24) is 14.5 Å². The average Bonchev–Trinajstić information content (AvgIpc) is 2.85. The van der Waals surface area contributed by atoms with Crippen molar-refractivity contribution in [2.45, 2.75) is 32.7 Å². The second-order valence-corrected chi connectivity index (χ2v) is 11.3. The van der Waals surface area contributed by atoms with E-state index < -0.39 is 5.82 Å². The second kappa shape index (κ2) is 9.88. The third kappa shape index (κ3) is 4.94. The molecule has 0 bridgehead atoms. The molecular formula is C29H25Cl3FN3O. The lowest BCUT2D eigenvalue weighted by Gasteiger charge is -2.37. The van der Waals surface area contributed by atoms with Crippen molar-refractivity contribution < 1.29 is 4.39 Å². The van der Waals surface area contributed by atoms with Crippen molar-refractivity contribution in [3.05, 3.63) is 97.7 Å². The topological polar surface area (TPSA) is 38.1 Å². The van der Waals surface area contributed by atoms with Gasteiger partial charge in [0.05, 0.1) is 32.0 Å². The minimum absolute atomic E-state index is 0.0885. The highest BCUT2D eigenvalue weighted by atomic mass is 35.5. The summed E-state index contributed by atoms with van der Waals surface area (Å²) >= 11 is 19.9. The number of aromatic nitrogens is 2. The van der Waals surface area contributed by atoms with Gasteiger partial charge in [-0.25, -0.2) is 4.39 Å². The molecule has 4 nitrogen and oxygen atoms in total. The molecule has 0 amide bonds. The van der Waals surface area contributed by atoms with E-state index in [-0.39, 0.29) is 21.1 Å². The normalized spacial score (nSPS) is 14.7. The van der Waals surface area contributed by atoms with Crippen molar-refractivity contribution >= 4 is 51.3 Å². The van der Waals surface area contributed by atoms with Gasteiger partial charge in [0.25, 0.3) is 5.56 Å². The SMILES string of the molecule is CC(C)(C)N1CC=C(c2cc3c(ccc(=O)n3-c3c(Cl)ccc(-c4ccc(F)cc4Cl)c3Cl)cn2)CC1. The molecule has 0 saturated heterocycles. The highest BCUT2D eigenvalue weighted by Gasteiger charge is 2.24. The first-order chi connectivity index (χ1) is 17.5. The summed E-state index contributed by atoms with van der Waals surface area (Å²) in [6.45, 7) is 8.38. The van der Waals surface area contributed by atoms with Crippen LogP contribution in [0.2, 0.25) is 15.1 Å². The molecule has 0 spiro atoms. The standard InChI is InChI=1S/C29H25Cl3FN3O/c1-29(2,3)35-12-10-17(11-13-35)24-15-25-18(16-34-24)4-9-26(37)36(25)28-22(30)8-7-21(27(28)32)20-6-5-19(33)14-23(20)31/h4-10,14-16H,11-13H2,1-3H3. The fourth-order valence-corrected chi connectivity index (χ4v) is 5.62. The van der Waals surface area contributed by atoms with Gasteiger partial charge in [-0.05, 0) is 69.2 Å². The van der Waals surface area contributed by atoms with Crippen LogP contribution in [0.4, 0.5) is 4.39 Å². The Balaban J connectivity index is 1.68. The number of nitrogens with zero attached hydrogens (tertiary/aromatic N) is 3. The number of fused-ring (bicyclic) bond motifs is 1. The lowest BCUT2D eigenvalue weighted by molar-refractivity contribution is 0.153. The largest absolute Gasteiger partial charge is 0.294 e. The number of hydrogen-bond donors (Lipinski definition) is 0. The van der Waals surface area contributed by atoms with Gasteiger partial charge in [-0.15, -0.1) is 0 Å². The van der Waals surface area contributed by atoms with Crippen molar-refractivity contribution in [1.29, 1.82) is 0 Å². The third-order valence-electron chi connectivity index (χ3n) is 6.78. The van der Waals surface area contributed by atoms with E-state index in [4.69, 9.17) is 39.8 Å². The monoisotopic (exact) mass is 555 g/mol. The predicted molar refractivity (Wildman–Crippen MR) is 152 cm³/mol. The Labute approximate surface area is 229 Å². The molecule has 37 heavy (non-hydrogen) atoms. The van der Waals surface area contributed by atoms with E-state index in [1.54, 1.807) is 30.5 Å². The van der Waals surface area contributed by atoms with Crippen molar-refractivity contribution in [2.75, 3.05) is 13.1 Å². The van der Waals surface area contributed by atoms with E-state index in [0.717, 1.165) is 36.2 Å². The summed E-state index contributed by atoms with van der Waals surface area (Å²) in [5, 5.41) is 1.53. The molecule has 5 rings (SSSR count). The van der Waals surface area contributed by atoms with Gasteiger partial charge in [-0.1, -0.05) is 46.9 Å². The number of halogens is 4. The Morgan fingerprint density at radius 3 is 2.38 bits per heavy atom. The molecule has 1 aliphatic rings. The Morgan fingerprint density at radius 2 is 1.70 bits per heavy atom.